The van der Waals surface area contributed by atoms with E-state index in [-0.39, 0.29) is 18.1 Å². The van der Waals surface area contributed by atoms with Crippen LogP contribution >= 0.6 is 11.6 Å². The highest BCUT2D eigenvalue weighted by Crippen LogP contribution is 2.38. The average molecular weight is 458 g/mol. The van der Waals surface area contributed by atoms with Gasteiger partial charge in [-0.2, -0.15) is 0 Å². The molecule has 2 fully saturated rings. The molecule has 2 aliphatic heterocycles. The van der Waals surface area contributed by atoms with Crippen LogP contribution < -0.4 is 14.8 Å². The molecule has 0 bridgehead atoms. The second-order valence-electron chi connectivity index (χ2n) is 8.59. The molecule has 2 aliphatic rings. The lowest BCUT2D eigenvalue weighted by Crippen LogP contribution is -2.48. The van der Waals surface area contributed by atoms with Crippen molar-refractivity contribution < 1.29 is 14.3 Å². The van der Waals surface area contributed by atoms with Gasteiger partial charge in [-0.3, -0.25) is 4.90 Å². The molecule has 2 aromatic rings. The van der Waals surface area contributed by atoms with Crippen molar-refractivity contribution in [2.75, 3.05) is 33.9 Å². The molecule has 7 heteroatoms. The molecule has 0 spiro atoms. The first kappa shape index (κ1) is 22.7. The smallest absolute Gasteiger partial charge is 0.318 e. The van der Waals surface area contributed by atoms with E-state index in [1.165, 1.54) is 5.56 Å². The van der Waals surface area contributed by atoms with Gasteiger partial charge in [0.05, 0.1) is 20.3 Å². The number of ether oxygens (including phenoxy) is 2. The molecule has 0 radical (unpaired) electrons. The number of carbonyl (C=O) groups is 1. The fraction of sp³-hybridized carbons (Fsp3) is 0.480. The van der Waals surface area contributed by atoms with Gasteiger partial charge in [-0.15, -0.1) is 0 Å². The minimum atomic E-state index is 0.0286. The van der Waals surface area contributed by atoms with Crippen LogP contribution in [0.25, 0.3) is 0 Å². The number of hydrogen-bond acceptors (Lipinski definition) is 4. The number of benzene rings is 2. The van der Waals surface area contributed by atoms with E-state index in [1.807, 2.05) is 35.2 Å². The summed E-state index contributed by atoms with van der Waals surface area (Å²) < 4.78 is 10.9. The van der Waals surface area contributed by atoms with Gasteiger partial charge in [0.1, 0.15) is 11.5 Å². The van der Waals surface area contributed by atoms with Crippen LogP contribution in [0, 0.1) is 0 Å². The largest absolute Gasteiger partial charge is 0.497 e. The Kier molecular flexibility index (Phi) is 7.43. The van der Waals surface area contributed by atoms with Crippen LogP contribution in [-0.2, 0) is 6.54 Å². The Morgan fingerprint density at radius 3 is 2.47 bits per heavy atom. The van der Waals surface area contributed by atoms with Crippen LogP contribution in [0.1, 0.15) is 42.9 Å². The van der Waals surface area contributed by atoms with Crippen LogP contribution in [0.3, 0.4) is 0 Å². The van der Waals surface area contributed by atoms with Crippen molar-refractivity contribution in [2.45, 2.75) is 44.3 Å². The van der Waals surface area contributed by atoms with Gasteiger partial charge in [-0.05, 0) is 55.5 Å². The molecule has 2 aromatic carbocycles. The fourth-order valence-electron chi connectivity index (χ4n) is 4.77. The predicted octanol–water partition coefficient (Wildman–Crippen LogP) is 4.87. The van der Waals surface area contributed by atoms with Crippen molar-refractivity contribution in [3.8, 4) is 11.5 Å². The third kappa shape index (κ3) is 5.30. The Bertz CT molecular complexity index is 913. The first-order chi connectivity index (χ1) is 15.6. The van der Waals surface area contributed by atoms with Crippen LogP contribution in [-0.4, -0.2) is 55.7 Å². The topological polar surface area (TPSA) is 54.0 Å². The number of nitrogens with one attached hydrogen (secondary N) is 1. The Balaban J connectivity index is 1.32. The molecule has 4 rings (SSSR count). The Morgan fingerprint density at radius 2 is 1.78 bits per heavy atom. The summed E-state index contributed by atoms with van der Waals surface area (Å²) >= 11 is 5.99. The summed E-state index contributed by atoms with van der Waals surface area (Å²) in [7, 11) is 3.31. The molecule has 0 aromatic heterocycles. The molecule has 1 unspecified atom stereocenters. The maximum absolute atomic E-state index is 13.1. The van der Waals surface area contributed by atoms with Crippen molar-refractivity contribution in [2.24, 2.45) is 0 Å². The Labute approximate surface area is 195 Å². The lowest BCUT2D eigenvalue weighted by Gasteiger charge is -2.34. The number of carbonyl (C=O) groups excluding carboxylic acids is 1. The minimum absolute atomic E-state index is 0.0286. The van der Waals surface area contributed by atoms with E-state index < -0.39 is 0 Å². The van der Waals surface area contributed by atoms with Crippen molar-refractivity contribution in [3.63, 3.8) is 0 Å². The molecule has 0 saturated carbocycles. The number of methoxy groups -OCH3 is 2. The molecule has 0 aliphatic carbocycles. The van der Waals surface area contributed by atoms with Crippen LogP contribution in [0.4, 0.5) is 4.79 Å². The van der Waals surface area contributed by atoms with Gasteiger partial charge in [0.2, 0.25) is 0 Å². The third-order valence-corrected chi connectivity index (χ3v) is 6.80. The van der Waals surface area contributed by atoms with Gasteiger partial charge in [0, 0.05) is 48.9 Å². The summed E-state index contributed by atoms with van der Waals surface area (Å²) in [5.41, 5.74) is 2.31. The van der Waals surface area contributed by atoms with Crippen molar-refractivity contribution in [3.05, 3.63) is 58.6 Å². The first-order valence-electron chi connectivity index (χ1n) is 11.3. The van der Waals surface area contributed by atoms with Crippen LogP contribution in [0.2, 0.25) is 5.02 Å². The highest BCUT2D eigenvalue weighted by molar-refractivity contribution is 6.30. The van der Waals surface area contributed by atoms with Gasteiger partial charge in [0.25, 0.3) is 0 Å². The molecular formula is C25H32ClN3O3. The van der Waals surface area contributed by atoms with Gasteiger partial charge in [-0.25, -0.2) is 4.79 Å². The minimum Gasteiger partial charge on any atom is -0.497 e. The number of hydrogen-bond donors (Lipinski definition) is 1. The zero-order chi connectivity index (χ0) is 22.5. The number of likely N-dealkylation sites (tertiary alicyclic amines) is 2. The van der Waals surface area contributed by atoms with E-state index in [1.54, 1.807) is 14.2 Å². The molecule has 32 heavy (non-hydrogen) atoms. The lowest BCUT2D eigenvalue weighted by atomic mass is 10.0. The summed E-state index contributed by atoms with van der Waals surface area (Å²) in [4.78, 5) is 17.5. The molecule has 2 amide bonds. The third-order valence-electron chi connectivity index (χ3n) is 6.55. The first-order valence-corrected chi connectivity index (χ1v) is 11.7. The van der Waals surface area contributed by atoms with Crippen LogP contribution in [0.15, 0.2) is 42.5 Å². The van der Waals surface area contributed by atoms with Gasteiger partial charge in [0.15, 0.2) is 0 Å². The molecule has 1 atom stereocenters. The summed E-state index contributed by atoms with van der Waals surface area (Å²) in [6, 6.07) is 14.1. The van der Waals surface area contributed by atoms with Crippen molar-refractivity contribution in [1.82, 2.24) is 15.1 Å². The molecule has 1 N–H and O–H groups in total. The number of urea groups is 1. The predicted molar refractivity (Wildman–Crippen MR) is 127 cm³/mol. The highest BCUT2D eigenvalue weighted by Gasteiger charge is 2.33. The molecule has 2 heterocycles. The quantitative estimate of drug-likeness (QED) is 0.672. The maximum Gasteiger partial charge on any atom is 0.318 e. The Hall–Kier alpha value is -2.44. The van der Waals surface area contributed by atoms with E-state index in [0.717, 1.165) is 73.9 Å². The van der Waals surface area contributed by atoms with Gasteiger partial charge >= 0.3 is 6.03 Å². The molecular weight excluding hydrogens is 426 g/mol. The summed E-state index contributed by atoms with van der Waals surface area (Å²) in [6.45, 7) is 3.64. The number of halogens is 1. The SMILES string of the molecule is COc1ccc(C2CCCN2C(=O)NC2CCN(Cc3ccc(Cl)cc3)CC2)c(OC)c1. The fourth-order valence-corrected chi connectivity index (χ4v) is 4.89. The van der Waals surface area contributed by atoms with Gasteiger partial charge < -0.3 is 19.7 Å². The number of piperidine rings is 1. The number of amides is 2. The number of nitrogens with zero attached hydrogens (tertiary/aromatic N) is 2. The van der Waals surface area contributed by atoms with E-state index in [0.29, 0.717) is 0 Å². The lowest BCUT2D eigenvalue weighted by molar-refractivity contribution is 0.165. The average Bonchev–Trinajstić information content (AvgIpc) is 3.31. The molecule has 172 valence electrons. The highest BCUT2D eigenvalue weighted by atomic mass is 35.5. The van der Waals surface area contributed by atoms with Crippen molar-refractivity contribution in [1.29, 1.82) is 0 Å². The normalized spacial score (nSPS) is 19.7. The van der Waals surface area contributed by atoms with E-state index in [2.05, 4.69) is 22.3 Å². The standard InChI is InChI=1S/C25H32ClN3O3/c1-31-21-9-10-22(24(16-21)32-2)23-4-3-13-29(23)25(30)27-20-11-14-28(15-12-20)17-18-5-7-19(26)8-6-18/h5-10,16,20,23H,3-4,11-15,17H2,1-2H3,(H,27,30). The molecule has 6 nitrogen and oxygen atoms in total. The summed E-state index contributed by atoms with van der Waals surface area (Å²) in [5, 5.41) is 4.06. The van der Waals surface area contributed by atoms with Gasteiger partial charge in [-0.1, -0.05) is 23.7 Å². The Morgan fingerprint density at radius 1 is 1.03 bits per heavy atom. The maximum atomic E-state index is 13.1. The zero-order valence-corrected chi connectivity index (χ0v) is 19.6. The van der Waals surface area contributed by atoms with E-state index in [9.17, 15) is 4.79 Å². The summed E-state index contributed by atoms with van der Waals surface area (Å²) in [5.74, 6) is 1.52. The zero-order valence-electron chi connectivity index (χ0n) is 18.9. The second-order valence-corrected chi connectivity index (χ2v) is 9.02. The number of rotatable bonds is 6. The van der Waals surface area contributed by atoms with Crippen LogP contribution in [0.5, 0.6) is 11.5 Å². The second kappa shape index (κ2) is 10.5. The monoisotopic (exact) mass is 457 g/mol. The molecule has 2 saturated heterocycles. The van der Waals surface area contributed by atoms with Crippen molar-refractivity contribution >= 4 is 17.6 Å². The van der Waals surface area contributed by atoms with E-state index >= 15 is 0 Å². The van der Waals surface area contributed by atoms with E-state index in [4.69, 9.17) is 21.1 Å². The summed E-state index contributed by atoms with van der Waals surface area (Å²) in [6.07, 6.45) is 3.86.